The lowest BCUT2D eigenvalue weighted by atomic mass is 10.1. The molecule has 1 atom stereocenters. The van der Waals surface area contributed by atoms with Crippen molar-refractivity contribution in [3.05, 3.63) is 29.8 Å². The summed E-state index contributed by atoms with van der Waals surface area (Å²) in [6, 6.07) is 7.80. The summed E-state index contributed by atoms with van der Waals surface area (Å²) >= 11 is 0. The molecule has 19 heavy (non-hydrogen) atoms. The van der Waals surface area contributed by atoms with E-state index in [1.807, 2.05) is 29.2 Å². The van der Waals surface area contributed by atoms with Crippen LogP contribution in [0.4, 0.5) is 4.79 Å². The van der Waals surface area contributed by atoms with Crippen LogP contribution in [0.3, 0.4) is 0 Å². The molecular formula is C14H20N2O3. The first-order chi connectivity index (χ1) is 9.11. The normalized spacial score (nSPS) is 19.1. The van der Waals surface area contributed by atoms with Gasteiger partial charge in [0.05, 0.1) is 20.3 Å². The zero-order valence-corrected chi connectivity index (χ0v) is 11.6. The molecule has 5 nitrogen and oxygen atoms in total. The van der Waals surface area contributed by atoms with E-state index in [1.165, 1.54) is 0 Å². The highest BCUT2D eigenvalue weighted by atomic mass is 16.5. The van der Waals surface area contributed by atoms with Gasteiger partial charge in [-0.05, 0) is 17.7 Å². The van der Waals surface area contributed by atoms with Gasteiger partial charge < -0.3 is 19.3 Å². The summed E-state index contributed by atoms with van der Waals surface area (Å²) in [5.74, 6) is 0.820. The number of benzene rings is 1. The second kappa shape index (κ2) is 5.93. The highest BCUT2D eigenvalue weighted by Crippen LogP contribution is 2.24. The minimum absolute atomic E-state index is 0.0295. The fourth-order valence-corrected chi connectivity index (χ4v) is 2.13. The van der Waals surface area contributed by atoms with E-state index >= 15 is 0 Å². The molecule has 1 heterocycles. The van der Waals surface area contributed by atoms with Gasteiger partial charge in [0.2, 0.25) is 0 Å². The van der Waals surface area contributed by atoms with Crippen molar-refractivity contribution in [2.24, 2.45) is 0 Å². The van der Waals surface area contributed by atoms with Crippen LogP contribution in [0, 0.1) is 0 Å². The third-order valence-electron chi connectivity index (χ3n) is 3.21. The molecule has 1 saturated heterocycles. The molecule has 0 radical (unpaired) electrons. The Kier molecular flexibility index (Phi) is 4.27. The van der Waals surface area contributed by atoms with Crippen LogP contribution in [0.15, 0.2) is 24.3 Å². The Bertz CT molecular complexity index is 431. The van der Waals surface area contributed by atoms with Gasteiger partial charge in [0.1, 0.15) is 11.9 Å². The van der Waals surface area contributed by atoms with Gasteiger partial charge in [0.15, 0.2) is 0 Å². The van der Waals surface area contributed by atoms with Crippen LogP contribution in [0.2, 0.25) is 0 Å². The Morgan fingerprint density at radius 3 is 2.63 bits per heavy atom. The molecule has 0 aliphatic carbocycles. The Morgan fingerprint density at radius 2 is 2.05 bits per heavy atom. The molecule has 104 valence electrons. The second-order valence-corrected chi connectivity index (χ2v) is 4.76. The van der Waals surface area contributed by atoms with Crippen LogP contribution in [0.25, 0.3) is 0 Å². The number of carbonyl (C=O) groups excluding carboxylic acids is 1. The summed E-state index contributed by atoms with van der Waals surface area (Å²) in [6.45, 7) is 1.79. The summed E-state index contributed by atoms with van der Waals surface area (Å²) in [5, 5.41) is 0. The molecule has 1 aliphatic heterocycles. The van der Waals surface area contributed by atoms with E-state index in [-0.39, 0.29) is 12.1 Å². The minimum Gasteiger partial charge on any atom is -0.497 e. The zero-order chi connectivity index (χ0) is 13.8. The second-order valence-electron chi connectivity index (χ2n) is 4.76. The lowest BCUT2D eigenvalue weighted by Crippen LogP contribution is -2.46. The monoisotopic (exact) mass is 264 g/mol. The van der Waals surface area contributed by atoms with Gasteiger partial charge in [-0.1, -0.05) is 12.1 Å². The maximum absolute atomic E-state index is 12.0. The fraction of sp³-hybridized carbons (Fsp3) is 0.500. The molecule has 0 aromatic heterocycles. The Labute approximate surface area is 113 Å². The van der Waals surface area contributed by atoms with E-state index in [0.29, 0.717) is 19.7 Å². The Balaban J connectivity index is 2.05. The minimum atomic E-state index is -0.0662. The predicted molar refractivity (Wildman–Crippen MR) is 72.3 cm³/mol. The first kappa shape index (κ1) is 13.7. The molecule has 1 aromatic rings. The van der Waals surface area contributed by atoms with Crippen LogP contribution in [0.1, 0.15) is 11.7 Å². The maximum Gasteiger partial charge on any atom is 0.319 e. The number of carbonyl (C=O) groups is 1. The number of rotatable bonds is 2. The van der Waals surface area contributed by atoms with Gasteiger partial charge >= 0.3 is 6.03 Å². The number of nitrogens with zero attached hydrogens (tertiary/aromatic N) is 2. The van der Waals surface area contributed by atoms with E-state index < -0.39 is 0 Å². The molecule has 1 aromatic carbocycles. The molecule has 1 unspecified atom stereocenters. The van der Waals surface area contributed by atoms with Crippen molar-refractivity contribution in [2.75, 3.05) is 40.9 Å². The molecule has 0 saturated carbocycles. The third-order valence-corrected chi connectivity index (χ3v) is 3.21. The molecule has 0 N–H and O–H groups in total. The summed E-state index contributed by atoms with van der Waals surface area (Å²) in [6.07, 6.45) is -0.0662. The molecule has 0 bridgehead atoms. The first-order valence-corrected chi connectivity index (χ1v) is 6.33. The van der Waals surface area contributed by atoms with Gasteiger partial charge in [-0.25, -0.2) is 4.79 Å². The van der Waals surface area contributed by atoms with Crippen molar-refractivity contribution in [2.45, 2.75) is 6.10 Å². The fourth-order valence-electron chi connectivity index (χ4n) is 2.13. The summed E-state index contributed by atoms with van der Waals surface area (Å²) < 4.78 is 10.9. The van der Waals surface area contributed by atoms with E-state index in [2.05, 4.69) is 0 Å². The zero-order valence-electron chi connectivity index (χ0n) is 11.6. The molecular weight excluding hydrogens is 244 g/mol. The lowest BCUT2D eigenvalue weighted by molar-refractivity contribution is -0.0188. The van der Waals surface area contributed by atoms with Crippen LogP contribution < -0.4 is 4.74 Å². The van der Waals surface area contributed by atoms with Crippen molar-refractivity contribution in [3.63, 3.8) is 0 Å². The Hall–Kier alpha value is -1.75. The van der Waals surface area contributed by atoms with Gasteiger partial charge in [0, 0.05) is 20.6 Å². The predicted octanol–water partition coefficient (Wildman–Crippen LogP) is 1.75. The number of urea groups is 1. The first-order valence-electron chi connectivity index (χ1n) is 6.33. The van der Waals surface area contributed by atoms with Crippen molar-refractivity contribution < 1.29 is 14.3 Å². The summed E-state index contributed by atoms with van der Waals surface area (Å²) in [5.41, 5.74) is 1.07. The Morgan fingerprint density at radius 1 is 1.37 bits per heavy atom. The van der Waals surface area contributed by atoms with Crippen LogP contribution in [-0.2, 0) is 4.74 Å². The van der Waals surface area contributed by atoms with Gasteiger partial charge in [-0.3, -0.25) is 0 Å². The van der Waals surface area contributed by atoms with Crippen molar-refractivity contribution >= 4 is 6.03 Å². The number of ether oxygens (including phenoxy) is 2. The number of methoxy groups -OCH3 is 1. The molecule has 2 rings (SSSR count). The van der Waals surface area contributed by atoms with E-state index in [0.717, 1.165) is 11.3 Å². The SMILES string of the molecule is COc1ccc(C2CN(C(=O)N(C)C)CCO2)cc1. The van der Waals surface area contributed by atoms with Crippen LogP contribution >= 0.6 is 0 Å². The van der Waals surface area contributed by atoms with E-state index in [1.54, 1.807) is 26.1 Å². The van der Waals surface area contributed by atoms with Crippen LogP contribution in [-0.4, -0.2) is 56.7 Å². The average Bonchev–Trinajstić information content (AvgIpc) is 2.46. The van der Waals surface area contributed by atoms with Gasteiger partial charge in [0.25, 0.3) is 0 Å². The van der Waals surface area contributed by atoms with E-state index in [4.69, 9.17) is 9.47 Å². The number of hydrogen-bond donors (Lipinski definition) is 0. The van der Waals surface area contributed by atoms with E-state index in [9.17, 15) is 4.79 Å². The average molecular weight is 264 g/mol. The number of morpholine rings is 1. The maximum atomic E-state index is 12.0. The molecule has 0 spiro atoms. The molecule has 2 amide bonds. The van der Waals surface area contributed by atoms with Crippen molar-refractivity contribution in [1.29, 1.82) is 0 Å². The lowest BCUT2D eigenvalue weighted by Gasteiger charge is -2.34. The van der Waals surface area contributed by atoms with Gasteiger partial charge in [-0.2, -0.15) is 0 Å². The largest absolute Gasteiger partial charge is 0.497 e. The quantitative estimate of drug-likeness (QED) is 0.817. The third kappa shape index (κ3) is 3.17. The molecule has 1 fully saturated rings. The topological polar surface area (TPSA) is 42.0 Å². The number of amides is 2. The number of hydrogen-bond acceptors (Lipinski definition) is 3. The van der Waals surface area contributed by atoms with Crippen molar-refractivity contribution in [1.82, 2.24) is 9.80 Å². The standard InChI is InChI=1S/C14H20N2O3/c1-15(2)14(17)16-8-9-19-13(10-16)11-4-6-12(18-3)7-5-11/h4-7,13H,8-10H2,1-3H3. The van der Waals surface area contributed by atoms with Gasteiger partial charge in [-0.15, -0.1) is 0 Å². The summed E-state index contributed by atoms with van der Waals surface area (Å²) in [4.78, 5) is 15.4. The smallest absolute Gasteiger partial charge is 0.319 e. The van der Waals surface area contributed by atoms with Crippen molar-refractivity contribution in [3.8, 4) is 5.75 Å². The highest BCUT2D eigenvalue weighted by Gasteiger charge is 2.26. The highest BCUT2D eigenvalue weighted by molar-refractivity contribution is 5.74. The molecule has 5 heteroatoms. The molecule has 1 aliphatic rings. The summed E-state index contributed by atoms with van der Waals surface area (Å²) in [7, 11) is 5.17. The van der Waals surface area contributed by atoms with Crippen LogP contribution in [0.5, 0.6) is 5.75 Å².